The van der Waals surface area contributed by atoms with Crippen molar-refractivity contribution in [3.63, 3.8) is 0 Å². The first kappa shape index (κ1) is 22.8. The number of aliphatic hydroxyl groups excluding tert-OH is 1. The molecule has 0 aromatic heterocycles. The maximum Gasteiger partial charge on any atom is 0.295 e. The van der Waals surface area contributed by atoms with Gasteiger partial charge >= 0.3 is 0 Å². The third-order valence-corrected chi connectivity index (χ3v) is 5.22. The van der Waals surface area contributed by atoms with Crippen molar-refractivity contribution in [1.82, 2.24) is 4.90 Å². The third-order valence-electron chi connectivity index (χ3n) is 4.97. The van der Waals surface area contributed by atoms with Gasteiger partial charge < -0.3 is 19.5 Å². The number of aliphatic hydroxyl groups is 1. The largest absolute Gasteiger partial charge is 0.507 e. The summed E-state index contributed by atoms with van der Waals surface area (Å²) in [6, 6.07) is 13.0. The number of carbonyl (C=O) groups excluding carboxylic acids is 2. The lowest BCUT2D eigenvalue weighted by atomic mass is 9.95. The molecule has 1 unspecified atom stereocenters. The summed E-state index contributed by atoms with van der Waals surface area (Å²) < 4.78 is 10.7. The molecule has 1 aliphatic rings. The van der Waals surface area contributed by atoms with Gasteiger partial charge in [0, 0.05) is 30.8 Å². The minimum atomic E-state index is -0.711. The van der Waals surface area contributed by atoms with Gasteiger partial charge in [-0.05, 0) is 62.2 Å². The maximum absolute atomic E-state index is 12.9. The first-order chi connectivity index (χ1) is 14.8. The van der Waals surface area contributed by atoms with Gasteiger partial charge in [0.05, 0.1) is 17.7 Å². The highest BCUT2D eigenvalue weighted by Crippen LogP contribution is 2.39. The predicted molar refractivity (Wildman–Crippen MR) is 119 cm³/mol. The average molecular weight is 444 g/mol. The fraction of sp³-hybridized carbons (Fsp3) is 0.333. The van der Waals surface area contributed by atoms with Gasteiger partial charge in [0.25, 0.3) is 11.7 Å². The second-order valence-corrected chi connectivity index (χ2v) is 8.02. The first-order valence-electron chi connectivity index (χ1n) is 10.1. The highest BCUT2D eigenvalue weighted by molar-refractivity contribution is 6.46. The number of benzene rings is 2. The fourth-order valence-electron chi connectivity index (χ4n) is 3.60. The topological polar surface area (TPSA) is 76.1 Å². The first-order valence-corrected chi connectivity index (χ1v) is 10.5. The molecule has 0 radical (unpaired) electrons. The van der Waals surface area contributed by atoms with Crippen LogP contribution in [0.25, 0.3) is 5.76 Å². The van der Waals surface area contributed by atoms with Gasteiger partial charge in [-0.15, -0.1) is 0 Å². The van der Waals surface area contributed by atoms with Crippen molar-refractivity contribution in [2.24, 2.45) is 0 Å². The van der Waals surface area contributed by atoms with Gasteiger partial charge in [0.15, 0.2) is 0 Å². The van der Waals surface area contributed by atoms with E-state index in [9.17, 15) is 14.7 Å². The van der Waals surface area contributed by atoms with E-state index in [1.165, 1.54) is 4.90 Å². The molecule has 1 N–H and O–H groups in total. The molecule has 1 atom stereocenters. The summed E-state index contributed by atoms with van der Waals surface area (Å²) in [5.74, 6) is -0.917. The van der Waals surface area contributed by atoms with Gasteiger partial charge in [-0.2, -0.15) is 0 Å². The van der Waals surface area contributed by atoms with E-state index in [0.717, 1.165) is 0 Å². The van der Waals surface area contributed by atoms with Crippen LogP contribution in [0.15, 0.2) is 54.1 Å². The van der Waals surface area contributed by atoms with Crippen LogP contribution >= 0.6 is 11.6 Å². The number of amides is 1. The van der Waals surface area contributed by atoms with Gasteiger partial charge in [0.1, 0.15) is 11.5 Å². The number of rotatable bonds is 8. The Kier molecular flexibility index (Phi) is 7.36. The Morgan fingerprint density at radius 2 is 1.74 bits per heavy atom. The Morgan fingerprint density at radius 1 is 1.10 bits per heavy atom. The van der Waals surface area contributed by atoms with E-state index in [1.807, 2.05) is 13.8 Å². The van der Waals surface area contributed by atoms with Crippen molar-refractivity contribution < 1.29 is 24.2 Å². The number of likely N-dealkylation sites (tertiary alicyclic amines) is 1. The van der Waals surface area contributed by atoms with Crippen molar-refractivity contribution in [3.05, 3.63) is 70.3 Å². The second-order valence-electron chi connectivity index (χ2n) is 7.58. The summed E-state index contributed by atoms with van der Waals surface area (Å²) in [5, 5.41) is 11.6. The molecule has 0 saturated carbocycles. The van der Waals surface area contributed by atoms with E-state index in [4.69, 9.17) is 21.1 Å². The van der Waals surface area contributed by atoms with E-state index in [-0.39, 0.29) is 17.4 Å². The number of halogens is 1. The Balaban J connectivity index is 2.04. The molecule has 1 aliphatic heterocycles. The lowest BCUT2D eigenvalue weighted by Crippen LogP contribution is -2.31. The zero-order valence-corrected chi connectivity index (χ0v) is 18.6. The van der Waals surface area contributed by atoms with Gasteiger partial charge in [-0.1, -0.05) is 23.7 Å². The molecule has 3 rings (SSSR count). The number of ether oxygens (including phenoxy) is 2. The molecule has 164 valence electrons. The lowest BCUT2D eigenvalue weighted by Gasteiger charge is -2.25. The van der Waals surface area contributed by atoms with Crippen LogP contribution in [-0.2, 0) is 14.3 Å². The minimum absolute atomic E-state index is 0.0155. The van der Waals surface area contributed by atoms with E-state index in [0.29, 0.717) is 41.5 Å². The molecule has 7 heteroatoms. The van der Waals surface area contributed by atoms with Crippen LogP contribution in [0.3, 0.4) is 0 Å². The van der Waals surface area contributed by atoms with Crippen LogP contribution in [-0.4, -0.2) is 48.1 Å². The quantitative estimate of drug-likeness (QED) is 0.279. The molecule has 31 heavy (non-hydrogen) atoms. The molecular weight excluding hydrogens is 418 g/mol. The number of Topliss-reactive ketones (excluding diaryl/α,β-unsaturated/α-hetero) is 1. The summed E-state index contributed by atoms with van der Waals surface area (Å²) in [5.41, 5.74) is 1.19. The molecule has 0 bridgehead atoms. The van der Waals surface area contributed by atoms with Crippen LogP contribution in [0.4, 0.5) is 0 Å². The molecule has 2 aromatic rings. The Morgan fingerprint density at radius 3 is 2.32 bits per heavy atom. The summed E-state index contributed by atoms with van der Waals surface area (Å²) in [7, 11) is 1.58. The molecule has 1 amide bonds. The van der Waals surface area contributed by atoms with Gasteiger partial charge in [0.2, 0.25) is 0 Å². The van der Waals surface area contributed by atoms with Gasteiger partial charge in [-0.3, -0.25) is 9.59 Å². The number of hydrogen-bond donors (Lipinski definition) is 1. The lowest BCUT2D eigenvalue weighted by molar-refractivity contribution is -0.140. The van der Waals surface area contributed by atoms with E-state index in [1.54, 1.807) is 55.6 Å². The summed E-state index contributed by atoms with van der Waals surface area (Å²) >= 11 is 6.02. The van der Waals surface area contributed by atoms with Crippen LogP contribution < -0.4 is 4.74 Å². The number of ketones is 1. The highest BCUT2D eigenvalue weighted by Gasteiger charge is 2.45. The predicted octanol–water partition coefficient (Wildman–Crippen LogP) is 4.59. The van der Waals surface area contributed by atoms with E-state index >= 15 is 0 Å². The molecule has 0 aliphatic carbocycles. The molecule has 1 fully saturated rings. The monoisotopic (exact) mass is 443 g/mol. The van der Waals surface area contributed by atoms with Crippen molar-refractivity contribution in [1.29, 1.82) is 0 Å². The normalized spacial score (nSPS) is 18.1. The van der Waals surface area contributed by atoms with Crippen molar-refractivity contribution in [3.8, 4) is 5.75 Å². The second kappa shape index (κ2) is 9.98. The number of hydrogen-bond acceptors (Lipinski definition) is 5. The van der Waals surface area contributed by atoms with Crippen molar-refractivity contribution >= 4 is 29.1 Å². The Bertz CT molecular complexity index is 966. The summed E-state index contributed by atoms with van der Waals surface area (Å²) in [6.45, 7) is 4.62. The van der Waals surface area contributed by atoms with Crippen LogP contribution in [0.5, 0.6) is 5.75 Å². The molecule has 1 heterocycles. The number of methoxy groups -OCH3 is 1. The Hall–Kier alpha value is -2.83. The molecule has 1 saturated heterocycles. The van der Waals surface area contributed by atoms with E-state index < -0.39 is 17.7 Å². The zero-order chi connectivity index (χ0) is 22.5. The average Bonchev–Trinajstić information content (AvgIpc) is 2.99. The molecular formula is C24H26ClNO5. The van der Waals surface area contributed by atoms with Crippen LogP contribution in [0, 0.1) is 0 Å². The standard InChI is InChI=1S/C24H26ClNO5/c1-15(2)31-19-11-7-17(8-12-19)22(27)20-21(16-5-9-18(25)10-6-16)26(13-4-14-30-3)24(29)23(20)28/h5-12,15,21,27H,4,13-14H2,1-3H3/b22-20+. The van der Waals surface area contributed by atoms with Crippen LogP contribution in [0.2, 0.25) is 5.02 Å². The van der Waals surface area contributed by atoms with E-state index in [2.05, 4.69) is 0 Å². The fourth-order valence-corrected chi connectivity index (χ4v) is 3.73. The molecule has 0 spiro atoms. The van der Waals surface area contributed by atoms with Crippen LogP contribution in [0.1, 0.15) is 37.4 Å². The number of nitrogens with zero attached hydrogens (tertiary/aromatic N) is 1. The van der Waals surface area contributed by atoms with Crippen molar-refractivity contribution in [2.45, 2.75) is 32.4 Å². The minimum Gasteiger partial charge on any atom is -0.507 e. The summed E-state index contributed by atoms with van der Waals surface area (Å²) in [6.07, 6.45) is 0.580. The number of carbonyl (C=O) groups is 2. The van der Waals surface area contributed by atoms with Crippen molar-refractivity contribution in [2.75, 3.05) is 20.3 Å². The Labute approximate surface area is 187 Å². The molecule has 6 nitrogen and oxygen atoms in total. The highest BCUT2D eigenvalue weighted by atomic mass is 35.5. The smallest absolute Gasteiger partial charge is 0.295 e. The maximum atomic E-state index is 12.9. The van der Waals surface area contributed by atoms with Gasteiger partial charge in [-0.25, -0.2) is 0 Å². The third kappa shape index (κ3) is 5.09. The molecule has 2 aromatic carbocycles. The zero-order valence-electron chi connectivity index (χ0n) is 17.8. The summed E-state index contributed by atoms with van der Waals surface area (Å²) in [4.78, 5) is 27.2. The SMILES string of the molecule is COCCCN1C(=O)C(=O)/C(=C(/O)c2ccc(OC(C)C)cc2)C1c1ccc(Cl)cc1.